The minimum atomic E-state index is -3.40. The van der Waals surface area contributed by atoms with E-state index >= 15 is 0 Å². The van der Waals surface area contributed by atoms with Crippen molar-refractivity contribution in [3.8, 4) is 0 Å². The van der Waals surface area contributed by atoms with Crippen LogP contribution in [0.1, 0.15) is 33.1 Å². The van der Waals surface area contributed by atoms with Crippen LogP contribution >= 0.6 is 0 Å². The van der Waals surface area contributed by atoms with Gasteiger partial charge in [0.1, 0.15) is 0 Å². The summed E-state index contributed by atoms with van der Waals surface area (Å²) in [5, 5.41) is 0. The van der Waals surface area contributed by atoms with E-state index in [-0.39, 0.29) is 5.41 Å². The van der Waals surface area contributed by atoms with Gasteiger partial charge in [-0.15, -0.1) is 0 Å². The fourth-order valence-electron chi connectivity index (χ4n) is 2.75. The SMILES string of the molecule is CCC1(CC)CCN(S(=O)(=O)c2cccc(N)c2)C1. The number of hydrogen-bond donors (Lipinski definition) is 1. The maximum absolute atomic E-state index is 12.6. The van der Waals surface area contributed by atoms with Crippen LogP contribution < -0.4 is 5.73 Å². The van der Waals surface area contributed by atoms with E-state index in [0.29, 0.717) is 23.7 Å². The average Bonchev–Trinajstić information content (AvgIpc) is 2.84. The first-order valence-electron chi connectivity index (χ1n) is 6.79. The molecule has 1 fully saturated rings. The molecule has 1 aliphatic rings. The Morgan fingerprint density at radius 1 is 1.32 bits per heavy atom. The summed E-state index contributed by atoms with van der Waals surface area (Å²) in [5.74, 6) is 0. The van der Waals surface area contributed by atoms with E-state index in [1.54, 1.807) is 22.5 Å². The fourth-order valence-corrected chi connectivity index (χ4v) is 4.36. The highest BCUT2D eigenvalue weighted by atomic mass is 32.2. The van der Waals surface area contributed by atoms with Gasteiger partial charge < -0.3 is 5.73 Å². The molecular weight excluding hydrogens is 260 g/mol. The van der Waals surface area contributed by atoms with Crippen LogP contribution in [0.4, 0.5) is 5.69 Å². The molecule has 0 atom stereocenters. The normalized spacial score (nSPS) is 19.7. The summed E-state index contributed by atoms with van der Waals surface area (Å²) in [6.07, 6.45) is 2.99. The minimum Gasteiger partial charge on any atom is -0.399 e. The lowest BCUT2D eigenvalue weighted by atomic mass is 9.82. The highest BCUT2D eigenvalue weighted by Crippen LogP contribution is 2.39. The van der Waals surface area contributed by atoms with Gasteiger partial charge in [0, 0.05) is 18.8 Å². The molecule has 4 nitrogen and oxygen atoms in total. The van der Waals surface area contributed by atoms with Crippen LogP contribution in [-0.2, 0) is 10.0 Å². The van der Waals surface area contributed by atoms with E-state index in [1.807, 2.05) is 0 Å². The van der Waals surface area contributed by atoms with Gasteiger partial charge in [-0.25, -0.2) is 8.42 Å². The van der Waals surface area contributed by atoms with Crippen LogP contribution in [0.3, 0.4) is 0 Å². The van der Waals surface area contributed by atoms with Crippen molar-refractivity contribution in [3.63, 3.8) is 0 Å². The summed E-state index contributed by atoms with van der Waals surface area (Å²) in [5.41, 5.74) is 6.31. The molecule has 1 saturated heterocycles. The second kappa shape index (κ2) is 5.13. The molecule has 0 radical (unpaired) electrons. The van der Waals surface area contributed by atoms with Crippen molar-refractivity contribution in [3.05, 3.63) is 24.3 Å². The van der Waals surface area contributed by atoms with Gasteiger partial charge in [-0.3, -0.25) is 0 Å². The van der Waals surface area contributed by atoms with Crippen molar-refractivity contribution >= 4 is 15.7 Å². The van der Waals surface area contributed by atoms with Gasteiger partial charge in [0.15, 0.2) is 0 Å². The molecule has 0 spiro atoms. The van der Waals surface area contributed by atoms with Crippen molar-refractivity contribution in [2.24, 2.45) is 5.41 Å². The van der Waals surface area contributed by atoms with E-state index in [0.717, 1.165) is 19.3 Å². The van der Waals surface area contributed by atoms with E-state index in [9.17, 15) is 8.42 Å². The van der Waals surface area contributed by atoms with Crippen LogP contribution in [0, 0.1) is 5.41 Å². The Labute approximate surface area is 115 Å². The Bertz CT molecular complexity index is 550. The predicted molar refractivity (Wildman–Crippen MR) is 77.2 cm³/mol. The lowest BCUT2D eigenvalue weighted by molar-refractivity contribution is 0.279. The molecule has 106 valence electrons. The number of hydrogen-bond acceptors (Lipinski definition) is 3. The molecule has 19 heavy (non-hydrogen) atoms. The third-order valence-corrected chi connectivity index (χ3v) is 6.24. The van der Waals surface area contributed by atoms with Gasteiger partial charge in [-0.2, -0.15) is 4.31 Å². The highest BCUT2D eigenvalue weighted by Gasteiger charge is 2.40. The van der Waals surface area contributed by atoms with Gasteiger partial charge in [0.25, 0.3) is 0 Å². The molecule has 5 heteroatoms. The monoisotopic (exact) mass is 282 g/mol. The van der Waals surface area contributed by atoms with Crippen LogP contribution in [-0.4, -0.2) is 25.8 Å². The van der Waals surface area contributed by atoms with Crippen molar-refractivity contribution in [2.45, 2.75) is 38.0 Å². The Balaban J connectivity index is 2.28. The molecule has 2 N–H and O–H groups in total. The first-order valence-corrected chi connectivity index (χ1v) is 8.23. The molecule has 1 heterocycles. The van der Waals surface area contributed by atoms with E-state index in [4.69, 9.17) is 5.73 Å². The van der Waals surface area contributed by atoms with E-state index in [2.05, 4.69) is 13.8 Å². The second-order valence-electron chi connectivity index (χ2n) is 5.37. The molecule has 0 amide bonds. The van der Waals surface area contributed by atoms with Crippen molar-refractivity contribution in [1.82, 2.24) is 4.31 Å². The Kier molecular flexibility index (Phi) is 3.87. The molecule has 1 aromatic carbocycles. The number of benzene rings is 1. The molecule has 0 aliphatic carbocycles. The smallest absolute Gasteiger partial charge is 0.243 e. The maximum atomic E-state index is 12.6. The summed E-state index contributed by atoms with van der Waals surface area (Å²) < 4.78 is 26.8. The van der Waals surface area contributed by atoms with Crippen LogP contribution in [0.25, 0.3) is 0 Å². The quantitative estimate of drug-likeness (QED) is 0.863. The van der Waals surface area contributed by atoms with Gasteiger partial charge in [-0.05, 0) is 42.9 Å². The van der Waals surface area contributed by atoms with Crippen LogP contribution in [0.5, 0.6) is 0 Å². The molecule has 0 saturated carbocycles. The van der Waals surface area contributed by atoms with E-state index in [1.165, 1.54) is 6.07 Å². The second-order valence-corrected chi connectivity index (χ2v) is 7.31. The zero-order valence-corrected chi connectivity index (χ0v) is 12.4. The zero-order chi connectivity index (χ0) is 14.1. The van der Waals surface area contributed by atoms with Gasteiger partial charge in [0.2, 0.25) is 10.0 Å². The van der Waals surface area contributed by atoms with Crippen LogP contribution in [0.2, 0.25) is 0 Å². The van der Waals surface area contributed by atoms with Crippen molar-refractivity contribution < 1.29 is 8.42 Å². The Morgan fingerprint density at radius 2 is 2.00 bits per heavy atom. The predicted octanol–water partition coefficient (Wildman–Crippen LogP) is 2.47. The Morgan fingerprint density at radius 3 is 2.53 bits per heavy atom. The molecule has 0 aromatic heterocycles. The molecule has 2 rings (SSSR count). The molecule has 1 aromatic rings. The number of nitrogens with zero attached hydrogens (tertiary/aromatic N) is 1. The summed E-state index contributed by atoms with van der Waals surface area (Å²) in [7, 11) is -3.40. The topological polar surface area (TPSA) is 63.4 Å². The molecule has 0 bridgehead atoms. The average molecular weight is 282 g/mol. The fraction of sp³-hybridized carbons (Fsp3) is 0.571. The minimum absolute atomic E-state index is 0.146. The van der Waals surface area contributed by atoms with Crippen LogP contribution in [0.15, 0.2) is 29.2 Å². The number of rotatable bonds is 4. The molecule has 0 unspecified atom stereocenters. The lowest BCUT2D eigenvalue weighted by Gasteiger charge is -2.26. The summed E-state index contributed by atoms with van der Waals surface area (Å²) in [6.45, 7) is 5.51. The van der Waals surface area contributed by atoms with Gasteiger partial charge in [0.05, 0.1) is 4.90 Å². The van der Waals surface area contributed by atoms with E-state index < -0.39 is 10.0 Å². The maximum Gasteiger partial charge on any atom is 0.243 e. The standard InChI is InChI=1S/C14H22N2O2S/c1-3-14(4-2)8-9-16(11-14)19(17,18)13-7-5-6-12(15)10-13/h5-7,10H,3-4,8-9,11,15H2,1-2H3. The van der Waals surface area contributed by atoms with Crippen molar-refractivity contribution in [2.75, 3.05) is 18.8 Å². The largest absolute Gasteiger partial charge is 0.399 e. The Hall–Kier alpha value is -1.07. The number of anilines is 1. The third kappa shape index (κ3) is 2.62. The first-order chi connectivity index (χ1) is 8.93. The number of nitrogens with two attached hydrogens (primary N) is 1. The van der Waals surface area contributed by atoms with Gasteiger partial charge in [-0.1, -0.05) is 19.9 Å². The number of sulfonamides is 1. The number of nitrogen functional groups attached to an aromatic ring is 1. The summed E-state index contributed by atoms with van der Waals surface area (Å²) in [4.78, 5) is 0.301. The summed E-state index contributed by atoms with van der Waals surface area (Å²) in [6, 6.07) is 6.54. The van der Waals surface area contributed by atoms with Crippen molar-refractivity contribution in [1.29, 1.82) is 0 Å². The lowest BCUT2D eigenvalue weighted by Crippen LogP contribution is -2.31. The zero-order valence-electron chi connectivity index (χ0n) is 11.6. The highest BCUT2D eigenvalue weighted by molar-refractivity contribution is 7.89. The summed E-state index contributed by atoms with van der Waals surface area (Å²) >= 11 is 0. The molecular formula is C14H22N2O2S. The first kappa shape index (κ1) is 14.3. The van der Waals surface area contributed by atoms with Gasteiger partial charge >= 0.3 is 0 Å². The third-order valence-electron chi connectivity index (χ3n) is 4.40. The molecule has 1 aliphatic heterocycles.